The number of carbonyl (C=O) groups excluding carboxylic acids is 3. The van der Waals surface area contributed by atoms with Gasteiger partial charge in [0.2, 0.25) is 5.91 Å². The van der Waals surface area contributed by atoms with Crippen molar-refractivity contribution in [1.82, 2.24) is 20.4 Å². The van der Waals surface area contributed by atoms with Crippen LogP contribution in [0.3, 0.4) is 0 Å². The Balaban J connectivity index is 1.98. The highest BCUT2D eigenvalue weighted by Crippen LogP contribution is 2.17. The SMILES string of the molecule is CC(C)(C)NC(=O)c1ccccc1NC(=O)Nc1cnn(CC(=O)NCCO)c1. The molecule has 10 nitrogen and oxygen atoms in total. The van der Waals surface area contributed by atoms with Crippen LogP contribution in [-0.2, 0) is 11.3 Å². The van der Waals surface area contributed by atoms with Gasteiger partial charge in [0.1, 0.15) is 6.54 Å². The number of urea groups is 1. The first-order valence-corrected chi connectivity index (χ1v) is 9.07. The molecule has 1 aromatic heterocycles. The fourth-order valence-corrected chi connectivity index (χ4v) is 2.40. The minimum absolute atomic E-state index is 0.0426. The highest BCUT2D eigenvalue weighted by Gasteiger charge is 2.18. The van der Waals surface area contributed by atoms with Gasteiger partial charge in [-0.2, -0.15) is 5.10 Å². The van der Waals surface area contributed by atoms with Crippen molar-refractivity contribution < 1.29 is 19.5 Å². The summed E-state index contributed by atoms with van der Waals surface area (Å²) >= 11 is 0. The van der Waals surface area contributed by atoms with E-state index in [9.17, 15) is 14.4 Å². The second-order valence-corrected chi connectivity index (χ2v) is 7.33. The largest absolute Gasteiger partial charge is 0.395 e. The molecule has 0 atom stereocenters. The van der Waals surface area contributed by atoms with Crippen molar-refractivity contribution in [3.63, 3.8) is 0 Å². The lowest BCUT2D eigenvalue weighted by Gasteiger charge is -2.21. The molecule has 0 aliphatic carbocycles. The van der Waals surface area contributed by atoms with Gasteiger partial charge in [-0.1, -0.05) is 12.1 Å². The van der Waals surface area contributed by atoms with Crippen molar-refractivity contribution in [1.29, 1.82) is 0 Å². The Labute approximate surface area is 168 Å². The monoisotopic (exact) mass is 402 g/mol. The van der Waals surface area contributed by atoms with Crippen LogP contribution in [0.4, 0.5) is 16.2 Å². The number of nitrogens with one attached hydrogen (secondary N) is 4. The van der Waals surface area contributed by atoms with Gasteiger partial charge in [0.25, 0.3) is 5.91 Å². The first kappa shape index (κ1) is 21.9. The number of aliphatic hydroxyl groups excluding tert-OH is 1. The number of aliphatic hydroxyl groups is 1. The van der Waals surface area contributed by atoms with Gasteiger partial charge in [0, 0.05) is 18.3 Å². The second kappa shape index (κ2) is 9.69. The molecular weight excluding hydrogens is 376 g/mol. The zero-order valence-corrected chi connectivity index (χ0v) is 16.7. The molecule has 1 heterocycles. The number of hydrogen-bond acceptors (Lipinski definition) is 5. The fourth-order valence-electron chi connectivity index (χ4n) is 2.40. The summed E-state index contributed by atoms with van der Waals surface area (Å²) < 4.78 is 1.35. The molecule has 156 valence electrons. The summed E-state index contributed by atoms with van der Waals surface area (Å²) in [5.41, 5.74) is 0.676. The highest BCUT2D eigenvalue weighted by molar-refractivity contribution is 6.06. The van der Waals surface area contributed by atoms with Gasteiger partial charge in [-0.15, -0.1) is 0 Å². The lowest BCUT2D eigenvalue weighted by Crippen LogP contribution is -2.41. The topological polar surface area (TPSA) is 137 Å². The van der Waals surface area contributed by atoms with E-state index in [2.05, 4.69) is 26.4 Å². The van der Waals surface area contributed by atoms with E-state index in [1.165, 1.54) is 17.1 Å². The van der Waals surface area contributed by atoms with E-state index < -0.39 is 11.6 Å². The first-order chi connectivity index (χ1) is 13.7. The summed E-state index contributed by atoms with van der Waals surface area (Å²) in [6, 6.07) is 6.13. The average molecular weight is 402 g/mol. The van der Waals surface area contributed by atoms with Crippen molar-refractivity contribution >= 4 is 29.2 Å². The molecule has 29 heavy (non-hydrogen) atoms. The molecule has 0 fully saturated rings. The molecule has 4 amide bonds. The molecule has 0 saturated heterocycles. The van der Waals surface area contributed by atoms with E-state index in [1.54, 1.807) is 24.3 Å². The number of anilines is 2. The van der Waals surface area contributed by atoms with Crippen LogP contribution in [0.5, 0.6) is 0 Å². The zero-order valence-electron chi connectivity index (χ0n) is 16.7. The Bertz CT molecular complexity index is 872. The standard InChI is InChI=1S/C19H26N6O4/c1-19(2,3)24-17(28)14-6-4-5-7-15(14)23-18(29)22-13-10-21-25(11-13)12-16(27)20-8-9-26/h4-7,10-11,26H,8-9,12H2,1-3H3,(H,20,27)(H,24,28)(H2,22,23,29). The zero-order chi connectivity index (χ0) is 21.4. The van der Waals surface area contributed by atoms with Crippen molar-refractivity contribution in [3.05, 3.63) is 42.2 Å². The number of benzene rings is 1. The quantitative estimate of drug-likeness (QED) is 0.473. The number of aromatic nitrogens is 2. The third-order valence-corrected chi connectivity index (χ3v) is 3.54. The molecule has 10 heteroatoms. The molecule has 2 rings (SSSR count). The van der Waals surface area contributed by atoms with E-state index in [4.69, 9.17) is 5.11 Å². The normalized spacial score (nSPS) is 10.9. The van der Waals surface area contributed by atoms with Crippen LogP contribution in [0.1, 0.15) is 31.1 Å². The summed E-state index contributed by atoms with van der Waals surface area (Å²) in [7, 11) is 0. The Morgan fingerprint density at radius 3 is 2.55 bits per heavy atom. The predicted octanol–water partition coefficient (Wildman–Crippen LogP) is 1.16. The van der Waals surface area contributed by atoms with Crippen molar-refractivity contribution in [2.45, 2.75) is 32.9 Å². The molecular formula is C19H26N6O4. The van der Waals surface area contributed by atoms with Crippen LogP contribution in [0.25, 0.3) is 0 Å². The number of amides is 4. The number of hydrogen-bond donors (Lipinski definition) is 5. The maximum atomic E-state index is 12.5. The van der Waals surface area contributed by atoms with Gasteiger partial charge in [0.05, 0.1) is 29.7 Å². The smallest absolute Gasteiger partial charge is 0.323 e. The number of rotatable bonds is 7. The van der Waals surface area contributed by atoms with Gasteiger partial charge < -0.3 is 26.4 Å². The van der Waals surface area contributed by atoms with Crippen molar-refractivity contribution in [2.24, 2.45) is 0 Å². The van der Waals surface area contributed by atoms with Crippen molar-refractivity contribution in [3.8, 4) is 0 Å². The molecule has 0 aliphatic rings. The summed E-state index contributed by atoms with van der Waals surface area (Å²) in [6.07, 6.45) is 2.90. The molecule has 0 radical (unpaired) electrons. The molecule has 5 N–H and O–H groups in total. The molecule has 0 saturated carbocycles. The molecule has 0 spiro atoms. The number of carbonyl (C=O) groups is 3. The van der Waals surface area contributed by atoms with Gasteiger partial charge >= 0.3 is 6.03 Å². The summed E-state index contributed by atoms with van der Waals surface area (Å²) in [6.45, 7) is 5.59. The lowest BCUT2D eigenvalue weighted by molar-refractivity contribution is -0.122. The van der Waals surface area contributed by atoms with Gasteiger partial charge in [0.15, 0.2) is 0 Å². The van der Waals surface area contributed by atoms with Crippen LogP contribution in [0.15, 0.2) is 36.7 Å². The van der Waals surface area contributed by atoms with Crippen LogP contribution in [0.2, 0.25) is 0 Å². The third kappa shape index (κ3) is 7.26. The second-order valence-electron chi connectivity index (χ2n) is 7.33. The minimum Gasteiger partial charge on any atom is -0.395 e. The minimum atomic E-state index is -0.551. The lowest BCUT2D eigenvalue weighted by atomic mass is 10.1. The van der Waals surface area contributed by atoms with Crippen LogP contribution < -0.4 is 21.3 Å². The van der Waals surface area contributed by atoms with Gasteiger partial charge in [-0.3, -0.25) is 14.3 Å². The summed E-state index contributed by atoms with van der Waals surface area (Å²) in [5.74, 6) is -0.605. The van der Waals surface area contributed by atoms with Gasteiger partial charge in [-0.05, 0) is 32.9 Å². The summed E-state index contributed by atoms with van der Waals surface area (Å²) in [5, 5.41) is 23.3. The average Bonchev–Trinajstić information content (AvgIpc) is 3.05. The molecule has 0 aliphatic heterocycles. The Morgan fingerprint density at radius 1 is 1.14 bits per heavy atom. The highest BCUT2D eigenvalue weighted by atomic mass is 16.3. The molecule has 2 aromatic rings. The van der Waals surface area contributed by atoms with E-state index in [1.807, 2.05) is 20.8 Å². The fraction of sp³-hybridized carbons (Fsp3) is 0.368. The summed E-state index contributed by atoms with van der Waals surface area (Å²) in [4.78, 5) is 36.4. The van der Waals surface area contributed by atoms with E-state index >= 15 is 0 Å². The Kier molecular flexibility index (Phi) is 7.32. The molecule has 0 bridgehead atoms. The van der Waals surface area contributed by atoms with Crippen LogP contribution >= 0.6 is 0 Å². The maximum absolute atomic E-state index is 12.5. The molecule has 1 aromatic carbocycles. The maximum Gasteiger partial charge on any atom is 0.323 e. The van der Waals surface area contributed by atoms with Gasteiger partial charge in [-0.25, -0.2) is 4.79 Å². The number of nitrogens with zero attached hydrogens (tertiary/aromatic N) is 2. The van der Waals surface area contributed by atoms with Crippen LogP contribution in [0, 0.1) is 0 Å². The van der Waals surface area contributed by atoms with E-state index in [-0.39, 0.29) is 31.5 Å². The third-order valence-electron chi connectivity index (χ3n) is 3.54. The Morgan fingerprint density at radius 2 is 1.86 bits per heavy atom. The van der Waals surface area contributed by atoms with Crippen molar-refractivity contribution in [2.75, 3.05) is 23.8 Å². The molecule has 0 unspecified atom stereocenters. The Hall–Kier alpha value is -3.40. The first-order valence-electron chi connectivity index (χ1n) is 9.07. The number of para-hydroxylation sites is 1. The van der Waals surface area contributed by atoms with Crippen LogP contribution in [-0.4, -0.2) is 51.4 Å². The van der Waals surface area contributed by atoms with E-state index in [0.29, 0.717) is 16.9 Å². The predicted molar refractivity (Wildman–Crippen MR) is 109 cm³/mol. The van der Waals surface area contributed by atoms with E-state index in [0.717, 1.165) is 0 Å².